The van der Waals surface area contributed by atoms with E-state index in [1.54, 1.807) is 0 Å². The number of carbonyl (C=O) groups excluding carboxylic acids is 3. The lowest BCUT2D eigenvalue weighted by Gasteiger charge is -2.19. The van der Waals surface area contributed by atoms with Crippen molar-refractivity contribution in [3.05, 3.63) is 35.9 Å². The number of likely N-dealkylation sites (tertiary alicyclic amines) is 1. The van der Waals surface area contributed by atoms with Crippen molar-refractivity contribution >= 4 is 17.7 Å². The Labute approximate surface area is 136 Å². The summed E-state index contributed by atoms with van der Waals surface area (Å²) < 4.78 is 0. The number of hydrogen-bond acceptors (Lipinski definition) is 3. The SMILES string of the molecule is O=C(CN1C(=O)C2CCCCC2C1=O)NCCc1ccccc1. The lowest BCUT2D eigenvalue weighted by atomic mass is 9.81. The Morgan fingerprint density at radius 1 is 1.04 bits per heavy atom. The van der Waals surface area contributed by atoms with E-state index in [4.69, 9.17) is 0 Å². The molecular weight excluding hydrogens is 292 g/mol. The van der Waals surface area contributed by atoms with Crippen LogP contribution in [-0.4, -0.2) is 35.7 Å². The van der Waals surface area contributed by atoms with Crippen molar-refractivity contribution in [1.82, 2.24) is 10.2 Å². The van der Waals surface area contributed by atoms with Gasteiger partial charge in [0.1, 0.15) is 6.54 Å². The van der Waals surface area contributed by atoms with Gasteiger partial charge in [0.25, 0.3) is 0 Å². The van der Waals surface area contributed by atoms with Crippen LogP contribution in [-0.2, 0) is 20.8 Å². The van der Waals surface area contributed by atoms with Crippen LogP contribution < -0.4 is 5.32 Å². The van der Waals surface area contributed by atoms with Crippen LogP contribution in [0.3, 0.4) is 0 Å². The van der Waals surface area contributed by atoms with Gasteiger partial charge in [-0.3, -0.25) is 19.3 Å². The number of nitrogens with zero attached hydrogens (tertiary/aromatic N) is 1. The second-order valence-corrected chi connectivity index (χ2v) is 6.35. The van der Waals surface area contributed by atoms with Crippen molar-refractivity contribution in [2.45, 2.75) is 32.1 Å². The molecule has 1 aliphatic heterocycles. The van der Waals surface area contributed by atoms with Crippen molar-refractivity contribution in [2.75, 3.05) is 13.1 Å². The van der Waals surface area contributed by atoms with E-state index in [-0.39, 0.29) is 36.1 Å². The molecule has 1 aliphatic carbocycles. The summed E-state index contributed by atoms with van der Waals surface area (Å²) in [6.45, 7) is 0.366. The molecule has 5 heteroatoms. The zero-order valence-corrected chi connectivity index (χ0v) is 13.2. The van der Waals surface area contributed by atoms with Gasteiger partial charge < -0.3 is 5.32 Å². The van der Waals surface area contributed by atoms with E-state index in [0.29, 0.717) is 6.54 Å². The number of nitrogens with one attached hydrogen (secondary N) is 1. The second kappa shape index (κ2) is 6.94. The van der Waals surface area contributed by atoms with Crippen LogP contribution in [0.4, 0.5) is 0 Å². The van der Waals surface area contributed by atoms with E-state index in [9.17, 15) is 14.4 Å². The number of benzene rings is 1. The molecule has 1 N–H and O–H groups in total. The molecule has 0 bridgehead atoms. The fourth-order valence-electron chi connectivity index (χ4n) is 3.58. The number of fused-ring (bicyclic) bond motifs is 1. The van der Waals surface area contributed by atoms with Gasteiger partial charge in [0.15, 0.2) is 0 Å². The predicted octanol–water partition coefficient (Wildman–Crippen LogP) is 1.52. The Bertz CT molecular complexity index is 576. The zero-order valence-electron chi connectivity index (χ0n) is 13.2. The molecule has 1 saturated carbocycles. The molecule has 1 heterocycles. The lowest BCUT2D eigenvalue weighted by molar-refractivity contribution is -0.143. The van der Waals surface area contributed by atoms with Crippen LogP contribution >= 0.6 is 0 Å². The van der Waals surface area contributed by atoms with Gasteiger partial charge in [-0.15, -0.1) is 0 Å². The molecule has 3 amide bonds. The maximum absolute atomic E-state index is 12.3. The van der Waals surface area contributed by atoms with Gasteiger partial charge in [-0.2, -0.15) is 0 Å². The fourth-order valence-corrected chi connectivity index (χ4v) is 3.58. The Morgan fingerprint density at radius 3 is 2.26 bits per heavy atom. The fraction of sp³-hybridized carbons (Fsp3) is 0.500. The van der Waals surface area contributed by atoms with Gasteiger partial charge in [-0.05, 0) is 24.8 Å². The van der Waals surface area contributed by atoms with E-state index >= 15 is 0 Å². The van der Waals surface area contributed by atoms with Gasteiger partial charge in [-0.25, -0.2) is 0 Å². The van der Waals surface area contributed by atoms with E-state index in [2.05, 4.69) is 5.32 Å². The first-order valence-electron chi connectivity index (χ1n) is 8.32. The number of hydrogen-bond donors (Lipinski definition) is 1. The van der Waals surface area contributed by atoms with Crippen LogP contribution in [0.2, 0.25) is 0 Å². The Kier molecular flexibility index (Phi) is 4.74. The predicted molar refractivity (Wildman–Crippen MR) is 85.3 cm³/mol. The third-order valence-corrected chi connectivity index (χ3v) is 4.81. The molecular formula is C18H22N2O3. The maximum atomic E-state index is 12.3. The Balaban J connectivity index is 1.49. The molecule has 2 atom stereocenters. The van der Waals surface area contributed by atoms with Crippen molar-refractivity contribution < 1.29 is 14.4 Å². The second-order valence-electron chi connectivity index (χ2n) is 6.35. The highest BCUT2D eigenvalue weighted by atomic mass is 16.2. The molecule has 23 heavy (non-hydrogen) atoms. The molecule has 1 aromatic rings. The van der Waals surface area contributed by atoms with E-state index in [1.807, 2.05) is 30.3 Å². The normalized spacial score (nSPS) is 23.7. The maximum Gasteiger partial charge on any atom is 0.240 e. The van der Waals surface area contributed by atoms with Gasteiger partial charge in [0.2, 0.25) is 17.7 Å². The van der Waals surface area contributed by atoms with E-state index < -0.39 is 0 Å². The van der Waals surface area contributed by atoms with E-state index in [1.165, 1.54) is 4.90 Å². The van der Waals surface area contributed by atoms with Crippen molar-refractivity contribution in [1.29, 1.82) is 0 Å². The van der Waals surface area contributed by atoms with Crippen LogP contribution in [0.1, 0.15) is 31.2 Å². The van der Waals surface area contributed by atoms with Gasteiger partial charge in [0, 0.05) is 6.54 Å². The summed E-state index contributed by atoms with van der Waals surface area (Å²) in [4.78, 5) is 37.8. The molecule has 3 rings (SSSR count). The van der Waals surface area contributed by atoms with Gasteiger partial charge >= 0.3 is 0 Å². The molecule has 0 radical (unpaired) electrons. The number of rotatable bonds is 5. The van der Waals surface area contributed by atoms with Crippen molar-refractivity contribution in [3.8, 4) is 0 Å². The molecule has 1 saturated heterocycles. The first-order valence-corrected chi connectivity index (χ1v) is 8.32. The van der Waals surface area contributed by atoms with Crippen molar-refractivity contribution in [2.24, 2.45) is 11.8 Å². The highest BCUT2D eigenvalue weighted by Gasteiger charge is 2.48. The standard InChI is InChI=1S/C18H22N2O3/c21-16(19-11-10-13-6-2-1-3-7-13)12-20-17(22)14-8-4-5-9-15(14)18(20)23/h1-3,6-7,14-15H,4-5,8-12H2,(H,19,21). The minimum absolute atomic E-state index is 0.139. The molecule has 0 spiro atoms. The van der Waals surface area contributed by atoms with Crippen LogP contribution in [0.15, 0.2) is 30.3 Å². The first-order chi connectivity index (χ1) is 11.2. The molecule has 0 aromatic heterocycles. The Morgan fingerprint density at radius 2 is 1.65 bits per heavy atom. The number of carbonyl (C=O) groups is 3. The van der Waals surface area contributed by atoms with Crippen LogP contribution in [0.25, 0.3) is 0 Å². The highest BCUT2D eigenvalue weighted by Crippen LogP contribution is 2.37. The van der Waals surface area contributed by atoms with Crippen LogP contribution in [0.5, 0.6) is 0 Å². The summed E-state index contributed by atoms with van der Waals surface area (Å²) in [5, 5.41) is 2.80. The molecule has 2 unspecified atom stereocenters. The summed E-state index contributed by atoms with van der Waals surface area (Å²) >= 11 is 0. The average molecular weight is 314 g/mol. The summed E-state index contributed by atoms with van der Waals surface area (Å²) in [6, 6.07) is 9.88. The van der Waals surface area contributed by atoms with Crippen molar-refractivity contribution in [3.63, 3.8) is 0 Å². The molecule has 5 nitrogen and oxygen atoms in total. The summed E-state index contributed by atoms with van der Waals surface area (Å²) in [5.41, 5.74) is 1.15. The smallest absolute Gasteiger partial charge is 0.240 e. The quantitative estimate of drug-likeness (QED) is 0.838. The topological polar surface area (TPSA) is 66.5 Å². The third kappa shape index (κ3) is 3.44. The molecule has 2 aliphatic rings. The molecule has 122 valence electrons. The Hall–Kier alpha value is -2.17. The van der Waals surface area contributed by atoms with Crippen LogP contribution in [0, 0.1) is 11.8 Å². The first kappa shape index (κ1) is 15.7. The zero-order chi connectivity index (χ0) is 16.2. The molecule has 1 aromatic carbocycles. The summed E-state index contributed by atoms with van der Waals surface area (Å²) in [5.74, 6) is -0.946. The number of imide groups is 1. The van der Waals surface area contributed by atoms with E-state index in [0.717, 1.165) is 37.7 Å². The highest BCUT2D eigenvalue weighted by molar-refractivity contribution is 6.07. The summed E-state index contributed by atoms with van der Waals surface area (Å²) in [6.07, 6.45) is 4.29. The lowest BCUT2D eigenvalue weighted by Crippen LogP contribution is -2.41. The summed E-state index contributed by atoms with van der Waals surface area (Å²) in [7, 11) is 0. The third-order valence-electron chi connectivity index (χ3n) is 4.81. The molecule has 2 fully saturated rings. The van der Waals surface area contributed by atoms with Gasteiger partial charge in [0.05, 0.1) is 11.8 Å². The minimum Gasteiger partial charge on any atom is -0.354 e. The van der Waals surface area contributed by atoms with Gasteiger partial charge in [-0.1, -0.05) is 43.2 Å². The largest absolute Gasteiger partial charge is 0.354 e. The average Bonchev–Trinajstić information content (AvgIpc) is 2.81. The minimum atomic E-state index is -0.263. The monoisotopic (exact) mass is 314 g/mol. The number of amides is 3.